The van der Waals surface area contributed by atoms with Crippen molar-refractivity contribution in [3.8, 4) is 17.0 Å². The molecular formula is C18H24FN3O. The molecule has 1 aliphatic carbocycles. The Labute approximate surface area is 136 Å². The number of aromatic nitrogens is 2. The van der Waals surface area contributed by atoms with E-state index in [0.717, 1.165) is 43.2 Å². The molecule has 4 nitrogen and oxygen atoms in total. The Kier molecular flexibility index (Phi) is 4.96. The lowest BCUT2D eigenvalue weighted by molar-refractivity contribution is 0.255. The van der Waals surface area contributed by atoms with Crippen molar-refractivity contribution >= 4 is 0 Å². The Morgan fingerprint density at radius 2 is 2.22 bits per heavy atom. The van der Waals surface area contributed by atoms with Crippen LogP contribution in [0.2, 0.25) is 0 Å². The van der Waals surface area contributed by atoms with Gasteiger partial charge in [-0.25, -0.2) is 4.39 Å². The number of hydrogen-bond donors (Lipinski definition) is 1. The van der Waals surface area contributed by atoms with E-state index < -0.39 is 0 Å². The van der Waals surface area contributed by atoms with Crippen LogP contribution in [-0.2, 0) is 6.54 Å². The fraction of sp³-hybridized carbons (Fsp3) is 0.500. The van der Waals surface area contributed by atoms with Gasteiger partial charge in [0.15, 0.2) is 0 Å². The summed E-state index contributed by atoms with van der Waals surface area (Å²) in [6.45, 7) is 5.19. The van der Waals surface area contributed by atoms with Gasteiger partial charge in [-0.1, -0.05) is 6.92 Å². The molecule has 1 heterocycles. The average molecular weight is 317 g/mol. The molecule has 0 amide bonds. The molecule has 3 rings (SSSR count). The summed E-state index contributed by atoms with van der Waals surface area (Å²) in [6.07, 6.45) is 5.61. The normalized spacial score (nSPS) is 14.4. The van der Waals surface area contributed by atoms with Crippen molar-refractivity contribution in [2.24, 2.45) is 5.92 Å². The van der Waals surface area contributed by atoms with Gasteiger partial charge in [-0.05, 0) is 43.9 Å². The topological polar surface area (TPSA) is 41.2 Å². The van der Waals surface area contributed by atoms with Gasteiger partial charge >= 0.3 is 0 Å². The summed E-state index contributed by atoms with van der Waals surface area (Å²) in [6, 6.07) is 4.93. The van der Waals surface area contributed by atoms with E-state index in [0.29, 0.717) is 11.3 Å². The SMILES string of the molecule is CCCN(Cc1cn[nH]c1-c1ccc(OC)cc1F)CC1CC1. The number of benzene rings is 1. The maximum absolute atomic E-state index is 14.3. The first kappa shape index (κ1) is 16.0. The minimum atomic E-state index is -0.293. The highest BCUT2D eigenvalue weighted by Crippen LogP contribution is 2.32. The van der Waals surface area contributed by atoms with E-state index in [2.05, 4.69) is 22.0 Å². The van der Waals surface area contributed by atoms with Gasteiger partial charge in [0.05, 0.1) is 19.0 Å². The van der Waals surface area contributed by atoms with E-state index in [1.54, 1.807) is 12.1 Å². The second kappa shape index (κ2) is 7.13. The van der Waals surface area contributed by atoms with Crippen LogP contribution in [0, 0.1) is 11.7 Å². The van der Waals surface area contributed by atoms with Crippen molar-refractivity contribution in [2.75, 3.05) is 20.2 Å². The van der Waals surface area contributed by atoms with Gasteiger partial charge in [-0.3, -0.25) is 10.00 Å². The Hall–Kier alpha value is -1.88. The minimum absolute atomic E-state index is 0.293. The molecule has 0 unspecified atom stereocenters. The summed E-state index contributed by atoms with van der Waals surface area (Å²) in [4.78, 5) is 2.45. The first-order valence-corrected chi connectivity index (χ1v) is 8.29. The molecule has 5 heteroatoms. The maximum atomic E-state index is 14.3. The molecule has 1 N–H and O–H groups in total. The largest absolute Gasteiger partial charge is 0.497 e. The number of methoxy groups -OCH3 is 1. The number of hydrogen-bond acceptors (Lipinski definition) is 3. The highest BCUT2D eigenvalue weighted by atomic mass is 19.1. The van der Waals surface area contributed by atoms with Crippen LogP contribution in [0.5, 0.6) is 5.75 Å². The van der Waals surface area contributed by atoms with Crippen LogP contribution in [-0.4, -0.2) is 35.3 Å². The summed E-state index contributed by atoms with van der Waals surface area (Å²) in [5.41, 5.74) is 2.35. The summed E-state index contributed by atoms with van der Waals surface area (Å²) in [5.74, 6) is 1.07. The average Bonchev–Trinajstić information content (AvgIpc) is 3.24. The molecule has 0 bridgehead atoms. The molecule has 1 aromatic heterocycles. The molecule has 0 spiro atoms. The third kappa shape index (κ3) is 3.91. The third-order valence-electron chi connectivity index (χ3n) is 4.31. The number of nitrogens with one attached hydrogen (secondary N) is 1. The van der Waals surface area contributed by atoms with Crippen LogP contribution >= 0.6 is 0 Å². The minimum Gasteiger partial charge on any atom is -0.497 e. The second-order valence-electron chi connectivity index (χ2n) is 6.29. The van der Waals surface area contributed by atoms with Crippen molar-refractivity contribution in [1.29, 1.82) is 0 Å². The number of nitrogens with zero attached hydrogens (tertiary/aromatic N) is 2. The summed E-state index contributed by atoms with van der Waals surface area (Å²) < 4.78 is 19.4. The van der Waals surface area contributed by atoms with Crippen molar-refractivity contribution in [2.45, 2.75) is 32.7 Å². The molecule has 124 valence electrons. The molecule has 0 saturated heterocycles. The van der Waals surface area contributed by atoms with Crippen LogP contribution in [0.3, 0.4) is 0 Å². The van der Waals surface area contributed by atoms with E-state index in [4.69, 9.17) is 4.74 Å². The highest BCUT2D eigenvalue weighted by molar-refractivity contribution is 5.64. The molecular weight excluding hydrogens is 293 g/mol. The second-order valence-corrected chi connectivity index (χ2v) is 6.29. The maximum Gasteiger partial charge on any atom is 0.136 e. The van der Waals surface area contributed by atoms with Crippen molar-refractivity contribution in [3.05, 3.63) is 35.8 Å². The number of halogens is 1. The fourth-order valence-electron chi connectivity index (χ4n) is 2.95. The summed E-state index contributed by atoms with van der Waals surface area (Å²) in [7, 11) is 1.54. The van der Waals surface area contributed by atoms with Gasteiger partial charge in [0.2, 0.25) is 0 Å². The molecule has 1 saturated carbocycles. The molecule has 1 fully saturated rings. The zero-order valence-electron chi connectivity index (χ0n) is 13.8. The van der Waals surface area contributed by atoms with E-state index in [-0.39, 0.29) is 5.82 Å². The van der Waals surface area contributed by atoms with Gasteiger partial charge in [-0.2, -0.15) is 5.10 Å². The van der Waals surface area contributed by atoms with Gasteiger partial charge in [-0.15, -0.1) is 0 Å². The smallest absolute Gasteiger partial charge is 0.136 e. The Bertz CT molecular complexity index is 651. The quantitative estimate of drug-likeness (QED) is 0.804. The van der Waals surface area contributed by atoms with Crippen LogP contribution in [0.15, 0.2) is 24.4 Å². The van der Waals surface area contributed by atoms with E-state index in [9.17, 15) is 4.39 Å². The van der Waals surface area contributed by atoms with E-state index in [1.807, 2.05) is 6.20 Å². The van der Waals surface area contributed by atoms with Gasteiger partial charge in [0, 0.05) is 30.3 Å². The number of aromatic amines is 1. The first-order valence-electron chi connectivity index (χ1n) is 8.29. The highest BCUT2D eigenvalue weighted by Gasteiger charge is 2.25. The monoisotopic (exact) mass is 317 g/mol. The van der Waals surface area contributed by atoms with Crippen molar-refractivity contribution < 1.29 is 9.13 Å². The van der Waals surface area contributed by atoms with Crippen molar-refractivity contribution in [1.82, 2.24) is 15.1 Å². The van der Waals surface area contributed by atoms with Crippen LogP contribution in [0.1, 0.15) is 31.7 Å². The lowest BCUT2D eigenvalue weighted by Crippen LogP contribution is -2.26. The lowest BCUT2D eigenvalue weighted by Gasteiger charge is -2.21. The molecule has 2 aromatic rings. The Balaban J connectivity index is 1.80. The van der Waals surface area contributed by atoms with Crippen LogP contribution < -0.4 is 4.74 Å². The summed E-state index contributed by atoms with van der Waals surface area (Å²) in [5, 5.41) is 7.10. The van der Waals surface area contributed by atoms with Gasteiger partial charge < -0.3 is 4.74 Å². The lowest BCUT2D eigenvalue weighted by atomic mass is 10.1. The Morgan fingerprint density at radius 1 is 1.39 bits per heavy atom. The zero-order valence-corrected chi connectivity index (χ0v) is 13.8. The van der Waals surface area contributed by atoms with Gasteiger partial charge in [0.25, 0.3) is 0 Å². The first-order chi connectivity index (χ1) is 11.2. The fourth-order valence-corrected chi connectivity index (χ4v) is 2.95. The molecule has 0 atom stereocenters. The third-order valence-corrected chi connectivity index (χ3v) is 4.31. The van der Waals surface area contributed by atoms with Crippen LogP contribution in [0.4, 0.5) is 4.39 Å². The van der Waals surface area contributed by atoms with Gasteiger partial charge in [0.1, 0.15) is 11.6 Å². The predicted octanol–water partition coefficient (Wildman–Crippen LogP) is 3.85. The predicted molar refractivity (Wildman–Crippen MR) is 88.8 cm³/mol. The molecule has 1 aromatic carbocycles. The standard InChI is InChI=1S/C18H24FN3O/c1-3-8-22(11-13-4-5-13)12-14-10-20-21-18(14)16-7-6-15(23-2)9-17(16)19/h6-7,9-10,13H,3-5,8,11-12H2,1-2H3,(H,20,21). The number of ether oxygens (including phenoxy) is 1. The molecule has 0 radical (unpaired) electrons. The number of rotatable bonds is 8. The molecule has 23 heavy (non-hydrogen) atoms. The van der Waals surface area contributed by atoms with E-state index in [1.165, 1.54) is 26.0 Å². The molecule has 0 aliphatic heterocycles. The number of H-pyrrole nitrogens is 1. The van der Waals surface area contributed by atoms with E-state index >= 15 is 0 Å². The molecule has 1 aliphatic rings. The summed E-state index contributed by atoms with van der Waals surface area (Å²) >= 11 is 0. The van der Waals surface area contributed by atoms with Crippen LogP contribution in [0.25, 0.3) is 11.3 Å². The Morgan fingerprint density at radius 3 is 2.87 bits per heavy atom. The van der Waals surface area contributed by atoms with Crippen molar-refractivity contribution in [3.63, 3.8) is 0 Å². The zero-order chi connectivity index (χ0) is 16.2.